The minimum Gasteiger partial charge on any atom is -0.462 e. The number of benzene rings is 1. The first-order valence-electron chi connectivity index (χ1n) is 6.70. The lowest BCUT2D eigenvalue weighted by Gasteiger charge is -2.11. The van der Waals surface area contributed by atoms with Crippen molar-refractivity contribution in [3.8, 4) is 0 Å². The number of anilines is 1. The molecule has 22 heavy (non-hydrogen) atoms. The van der Waals surface area contributed by atoms with E-state index in [0.717, 1.165) is 5.56 Å². The number of esters is 1. The van der Waals surface area contributed by atoms with Crippen molar-refractivity contribution in [3.63, 3.8) is 0 Å². The molecule has 0 fully saturated rings. The van der Waals surface area contributed by atoms with Crippen molar-refractivity contribution >= 4 is 35.1 Å². The second-order valence-corrected chi connectivity index (χ2v) is 5.53. The smallest absolute Gasteiger partial charge is 0.343 e. The Morgan fingerprint density at radius 1 is 1.36 bits per heavy atom. The van der Waals surface area contributed by atoms with Crippen LogP contribution in [0, 0.1) is 0 Å². The van der Waals surface area contributed by atoms with Crippen LogP contribution in [0.2, 0.25) is 5.02 Å². The van der Waals surface area contributed by atoms with Crippen LogP contribution in [0.25, 0.3) is 0 Å². The summed E-state index contributed by atoms with van der Waals surface area (Å²) in [6, 6.07) is 7.46. The zero-order chi connectivity index (χ0) is 15.9. The maximum absolute atomic E-state index is 12.0. The van der Waals surface area contributed by atoms with Gasteiger partial charge in [0.25, 0.3) is 0 Å². The molecule has 0 atom stereocenters. The fourth-order valence-corrected chi connectivity index (χ4v) is 2.21. The summed E-state index contributed by atoms with van der Waals surface area (Å²) in [5.74, 6) is 0.0292. The third kappa shape index (κ3) is 4.35. The van der Waals surface area contributed by atoms with Gasteiger partial charge >= 0.3 is 5.97 Å². The Bertz CT molecular complexity index is 650. The van der Waals surface area contributed by atoms with Crippen LogP contribution in [-0.4, -0.2) is 28.8 Å². The number of carbonyl (C=O) groups excluding carboxylic acids is 1. The van der Waals surface area contributed by atoms with E-state index in [2.05, 4.69) is 15.3 Å². The molecule has 0 aliphatic heterocycles. The number of aromatic nitrogens is 2. The maximum atomic E-state index is 12.0. The van der Waals surface area contributed by atoms with Crippen LogP contribution in [0.4, 0.5) is 5.82 Å². The van der Waals surface area contributed by atoms with Crippen LogP contribution >= 0.6 is 23.4 Å². The first-order chi connectivity index (χ1) is 10.6. The molecule has 1 aromatic heterocycles. The Balaban J connectivity index is 2.19. The molecule has 1 heterocycles. The van der Waals surface area contributed by atoms with Gasteiger partial charge in [-0.1, -0.05) is 35.5 Å². The topological polar surface area (TPSA) is 64.1 Å². The van der Waals surface area contributed by atoms with E-state index >= 15 is 0 Å². The number of carbonyl (C=O) groups is 1. The summed E-state index contributed by atoms with van der Waals surface area (Å²) in [6.07, 6.45) is 3.36. The Hall–Kier alpha value is -1.79. The summed E-state index contributed by atoms with van der Waals surface area (Å²) in [5, 5.41) is 4.43. The first-order valence-corrected chi connectivity index (χ1v) is 8.30. The quantitative estimate of drug-likeness (QED) is 0.493. The highest BCUT2D eigenvalue weighted by atomic mass is 35.5. The molecule has 7 heteroatoms. The van der Waals surface area contributed by atoms with Gasteiger partial charge in [0.1, 0.15) is 11.4 Å². The zero-order valence-corrected chi connectivity index (χ0v) is 13.9. The molecular formula is C15H16ClN3O2S. The predicted molar refractivity (Wildman–Crippen MR) is 88.5 cm³/mol. The zero-order valence-electron chi connectivity index (χ0n) is 12.3. The Morgan fingerprint density at radius 2 is 2.09 bits per heavy atom. The number of hydrogen-bond donors (Lipinski definition) is 1. The molecule has 0 unspecified atom stereocenters. The molecule has 0 bridgehead atoms. The highest BCUT2D eigenvalue weighted by Crippen LogP contribution is 2.19. The van der Waals surface area contributed by atoms with E-state index in [1.54, 1.807) is 6.92 Å². The fourth-order valence-electron chi connectivity index (χ4n) is 1.75. The number of halogens is 1. The van der Waals surface area contributed by atoms with E-state index in [-0.39, 0.29) is 0 Å². The van der Waals surface area contributed by atoms with E-state index in [1.165, 1.54) is 18.0 Å². The molecule has 5 nitrogen and oxygen atoms in total. The predicted octanol–water partition coefficient (Wildman–Crippen LogP) is 3.64. The molecule has 2 rings (SSSR count). The summed E-state index contributed by atoms with van der Waals surface area (Å²) < 4.78 is 5.03. The molecule has 0 aliphatic rings. The number of ether oxygens (including phenoxy) is 1. The normalized spacial score (nSPS) is 10.3. The third-order valence-corrected chi connectivity index (χ3v) is 3.63. The summed E-state index contributed by atoms with van der Waals surface area (Å²) in [6.45, 7) is 2.59. The van der Waals surface area contributed by atoms with E-state index < -0.39 is 5.97 Å². The Morgan fingerprint density at radius 3 is 2.73 bits per heavy atom. The molecule has 0 amide bonds. The highest BCUT2D eigenvalue weighted by Gasteiger charge is 2.15. The Kier molecular flexibility index (Phi) is 6.03. The average molecular weight is 338 g/mol. The van der Waals surface area contributed by atoms with Gasteiger partial charge in [-0.3, -0.25) is 0 Å². The summed E-state index contributed by atoms with van der Waals surface area (Å²) >= 11 is 7.27. The van der Waals surface area contributed by atoms with Crippen LogP contribution in [0.15, 0.2) is 35.6 Å². The highest BCUT2D eigenvalue weighted by molar-refractivity contribution is 7.98. The van der Waals surface area contributed by atoms with Crippen LogP contribution < -0.4 is 5.32 Å². The molecule has 0 radical (unpaired) electrons. The number of rotatable bonds is 6. The molecule has 2 aromatic rings. The van der Waals surface area contributed by atoms with E-state index in [4.69, 9.17) is 16.3 Å². The minimum absolute atomic E-state index is 0.305. The molecule has 116 valence electrons. The number of nitrogens with one attached hydrogen (secondary N) is 1. The molecule has 0 saturated carbocycles. The largest absolute Gasteiger partial charge is 0.462 e. The van der Waals surface area contributed by atoms with E-state index in [9.17, 15) is 4.79 Å². The van der Waals surface area contributed by atoms with Crippen LogP contribution in [0.1, 0.15) is 22.8 Å². The second-order valence-electron chi connectivity index (χ2n) is 4.32. The lowest BCUT2D eigenvalue weighted by molar-refractivity contribution is 0.0526. The monoisotopic (exact) mass is 337 g/mol. The van der Waals surface area contributed by atoms with Crippen molar-refractivity contribution in [2.75, 3.05) is 18.2 Å². The van der Waals surface area contributed by atoms with Gasteiger partial charge in [0.15, 0.2) is 5.16 Å². The van der Waals surface area contributed by atoms with Gasteiger partial charge in [0.05, 0.1) is 6.61 Å². The van der Waals surface area contributed by atoms with Crippen molar-refractivity contribution in [2.24, 2.45) is 0 Å². The van der Waals surface area contributed by atoms with E-state index in [1.807, 2.05) is 30.5 Å². The van der Waals surface area contributed by atoms with Gasteiger partial charge in [0.2, 0.25) is 0 Å². The summed E-state index contributed by atoms with van der Waals surface area (Å²) in [7, 11) is 0. The number of thioether (sulfide) groups is 1. The molecule has 0 spiro atoms. The maximum Gasteiger partial charge on any atom is 0.343 e. The standard InChI is InChI=1S/C15H16ClN3O2S/c1-3-21-14(20)12-9-18-15(22-2)19-13(12)17-8-10-4-6-11(16)7-5-10/h4-7,9H,3,8H2,1-2H3,(H,17,18,19). The van der Waals surface area contributed by atoms with Crippen molar-refractivity contribution in [2.45, 2.75) is 18.6 Å². The van der Waals surface area contributed by atoms with Gasteiger partial charge in [-0.25, -0.2) is 14.8 Å². The third-order valence-electron chi connectivity index (χ3n) is 2.82. The van der Waals surface area contributed by atoms with Crippen LogP contribution in [0.5, 0.6) is 0 Å². The summed E-state index contributed by atoms with van der Waals surface area (Å²) in [5.41, 5.74) is 1.36. The summed E-state index contributed by atoms with van der Waals surface area (Å²) in [4.78, 5) is 20.4. The van der Waals surface area contributed by atoms with Crippen molar-refractivity contribution in [1.29, 1.82) is 0 Å². The lowest BCUT2D eigenvalue weighted by atomic mass is 10.2. The molecule has 1 aromatic carbocycles. The van der Waals surface area contributed by atoms with Gasteiger partial charge in [0, 0.05) is 17.8 Å². The minimum atomic E-state index is -0.436. The van der Waals surface area contributed by atoms with Gasteiger partial charge in [-0.2, -0.15) is 0 Å². The van der Waals surface area contributed by atoms with E-state index in [0.29, 0.717) is 34.7 Å². The van der Waals surface area contributed by atoms with Gasteiger partial charge in [-0.05, 0) is 30.9 Å². The average Bonchev–Trinajstić information content (AvgIpc) is 2.54. The van der Waals surface area contributed by atoms with Crippen LogP contribution in [-0.2, 0) is 11.3 Å². The lowest BCUT2D eigenvalue weighted by Crippen LogP contribution is -2.12. The van der Waals surface area contributed by atoms with Crippen molar-refractivity contribution < 1.29 is 9.53 Å². The van der Waals surface area contributed by atoms with Gasteiger partial charge < -0.3 is 10.1 Å². The van der Waals surface area contributed by atoms with Crippen LogP contribution in [0.3, 0.4) is 0 Å². The number of hydrogen-bond acceptors (Lipinski definition) is 6. The fraction of sp³-hybridized carbons (Fsp3) is 0.267. The number of nitrogens with zero attached hydrogens (tertiary/aromatic N) is 2. The molecular weight excluding hydrogens is 322 g/mol. The van der Waals surface area contributed by atoms with Crippen molar-refractivity contribution in [3.05, 3.63) is 46.6 Å². The Labute approximate surface area is 138 Å². The van der Waals surface area contributed by atoms with Crippen molar-refractivity contribution in [1.82, 2.24) is 9.97 Å². The molecule has 0 saturated heterocycles. The molecule has 1 N–H and O–H groups in total. The second kappa shape index (κ2) is 8.00. The SMILES string of the molecule is CCOC(=O)c1cnc(SC)nc1NCc1ccc(Cl)cc1. The van der Waals surface area contributed by atoms with Gasteiger partial charge in [-0.15, -0.1) is 0 Å². The first kappa shape index (κ1) is 16.6. The molecule has 0 aliphatic carbocycles.